The minimum absolute atomic E-state index is 0.133. The zero-order valence-corrected chi connectivity index (χ0v) is 14.2. The van der Waals surface area contributed by atoms with Crippen LogP contribution in [0, 0.1) is 5.82 Å². The SMILES string of the molecule is COc1ccc(F)cc1-c1cc(C(=O)O)c2cc(C(C)C)ccc2n1. The fraction of sp³-hybridized carbons (Fsp3) is 0.200. The highest BCUT2D eigenvalue weighted by Crippen LogP contribution is 2.33. The number of carbonyl (C=O) groups is 1. The van der Waals surface area contributed by atoms with E-state index in [1.165, 1.54) is 31.4 Å². The van der Waals surface area contributed by atoms with Crippen LogP contribution in [0.5, 0.6) is 5.75 Å². The molecule has 0 aliphatic rings. The normalized spacial score (nSPS) is 11.1. The third-order valence-electron chi connectivity index (χ3n) is 4.17. The van der Waals surface area contributed by atoms with Gasteiger partial charge in [0.05, 0.1) is 23.9 Å². The van der Waals surface area contributed by atoms with E-state index in [-0.39, 0.29) is 11.5 Å². The maximum absolute atomic E-state index is 13.7. The number of aromatic carboxylic acids is 1. The number of aromatic nitrogens is 1. The molecule has 0 atom stereocenters. The number of benzene rings is 2. The Labute approximate surface area is 144 Å². The van der Waals surface area contributed by atoms with Crippen LogP contribution in [-0.4, -0.2) is 23.2 Å². The molecule has 0 bridgehead atoms. The smallest absolute Gasteiger partial charge is 0.336 e. The highest BCUT2D eigenvalue weighted by atomic mass is 19.1. The second-order valence-corrected chi connectivity index (χ2v) is 6.14. The number of pyridine rings is 1. The highest BCUT2D eigenvalue weighted by molar-refractivity contribution is 6.04. The van der Waals surface area contributed by atoms with E-state index in [0.29, 0.717) is 27.9 Å². The van der Waals surface area contributed by atoms with Gasteiger partial charge < -0.3 is 9.84 Å². The zero-order valence-electron chi connectivity index (χ0n) is 14.2. The van der Waals surface area contributed by atoms with Crippen molar-refractivity contribution in [3.8, 4) is 17.0 Å². The lowest BCUT2D eigenvalue weighted by atomic mass is 9.97. The minimum atomic E-state index is -1.05. The van der Waals surface area contributed by atoms with Gasteiger partial charge in [0.15, 0.2) is 0 Å². The molecular formula is C20H18FNO3. The number of nitrogens with zero attached hydrogens (tertiary/aromatic N) is 1. The fourth-order valence-corrected chi connectivity index (χ4v) is 2.80. The Kier molecular flexibility index (Phi) is 4.40. The van der Waals surface area contributed by atoms with Gasteiger partial charge in [0, 0.05) is 10.9 Å². The lowest BCUT2D eigenvalue weighted by molar-refractivity contribution is 0.0699. The van der Waals surface area contributed by atoms with Crippen molar-refractivity contribution >= 4 is 16.9 Å². The molecule has 128 valence electrons. The number of carboxylic acid groups (broad SMARTS) is 1. The summed E-state index contributed by atoms with van der Waals surface area (Å²) in [7, 11) is 1.48. The van der Waals surface area contributed by atoms with Crippen molar-refractivity contribution in [2.45, 2.75) is 19.8 Å². The van der Waals surface area contributed by atoms with Gasteiger partial charge in [-0.05, 0) is 47.9 Å². The summed E-state index contributed by atoms with van der Waals surface area (Å²) < 4.78 is 18.9. The molecule has 0 spiro atoms. The van der Waals surface area contributed by atoms with E-state index in [1.807, 2.05) is 26.0 Å². The first-order chi connectivity index (χ1) is 11.9. The molecule has 2 aromatic carbocycles. The van der Waals surface area contributed by atoms with Crippen LogP contribution in [0.2, 0.25) is 0 Å². The minimum Gasteiger partial charge on any atom is -0.496 e. The van der Waals surface area contributed by atoms with Crippen molar-refractivity contribution in [2.24, 2.45) is 0 Å². The number of rotatable bonds is 4. The van der Waals surface area contributed by atoms with E-state index in [9.17, 15) is 14.3 Å². The van der Waals surface area contributed by atoms with Crippen LogP contribution in [0.25, 0.3) is 22.2 Å². The van der Waals surface area contributed by atoms with Crippen molar-refractivity contribution in [2.75, 3.05) is 7.11 Å². The number of hydrogen-bond donors (Lipinski definition) is 1. The molecule has 0 amide bonds. The van der Waals surface area contributed by atoms with E-state index < -0.39 is 11.8 Å². The lowest BCUT2D eigenvalue weighted by Gasteiger charge is -2.12. The van der Waals surface area contributed by atoms with Crippen molar-refractivity contribution < 1.29 is 19.0 Å². The van der Waals surface area contributed by atoms with Crippen molar-refractivity contribution in [1.29, 1.82) is 0 Å². The molecule has 0 radical (unpaired) electrons. The maximum Gasteiger partial charge on any atom is 0.336 e. The summed E-state index contributed by atoms with van der Waals surface area (Å²) in [5.41, 5.74) is 2.49. The van der Waals surface area contributed by atoms with E-state index in [4.69, 9.17) is 4.74 Å². The van der Waals surface area contributed by atoms with Crippen LogP contribution in [0.4, 0.5) is 4.39 Å². The molecule has 4 nitrogen and oxygen atoms in total. The van der Waals surface area contributed by atoms with Crippen LogP contribution >= 0.6 is 0 Å². The van der Waals surface area contributed by atoms with E-state index in [2.05, 4.69) is 4.98 Å². The largest absolute Gasteiger partial charge is 0.496 e. The van der Waals surface area contributed by atoms with E-state index in [1.54, 1.807) is 6.07 Å². The molecule has 0 aliphatic carbocycles. The van der Waals surface area contributed by atoms with Gasteiger partial charge in [-0.25, -0.2) is 14.2 Å². The molecule has 1 heterocycles. The Morgan fingerprint density at radius 1 is 1.16 bits per heavy atom. The first kappa shape index (κ1) is 16.9. The van der Waals surface area contributed by atoms with Gasteiger partial charge in [0.25, 0.3) is 0 Å². The van der Waals surface area contributed by atoms with Gasteiger partial charge in [0.2, 0.25) is 0 Å². The standard InChI is InChI=1S/C20H18FNO3/c1-11(2)12-4-6-17-14(8-12)15(20(23)24)10-18(22-17)16-9-13(21)5-7-19(16)25-3/h4-11H,1-3H3,(H,23,24). The summed E-state index contributed by atoms with van der Waals surface area (Å²) in [6.07, 6.45) is 0. The average molecular weight is 339 g/mol. The van der Waals surface area contributed by atoms with E-state index >= 15 is 0 Å². The molecule has 1 aromatic heterocycles. The third-order valence-corrected chi connectivity index (χ3v) is 4.17. The van der Waals surface area contributed by atoms with E-state index in [0.717, 1.165) is 5.56 Å². The molecule has 3 rings (SSSR count). The summed E-state index contributed by atoms with van der Waals surface area (Å²) in [6, 6.07) is 11.1. The van der Waals surface area contributed by atoms with Crippen molar-refractivity contribution in [1.82, 2.24) is 4.98 Å². The molecule has 0 saturated carbocycles. The van der Waals surface area contributed by atoms with Gasteiger partial charge in [-0.15, -0.1) is 0 Å². The summed E-state index contributed by atoms with van der Waals surface area (Å²) in [5, 5.41) is 10.2. The summed E-state index contributed by atoms with van der Waals surface area (Å²) in [4.78, 5) is 16.3. The fourth-order valence-electron chi connectivity index (χ4n) is 2.80. The Balaban J connectivity index is 2.30. The number of halogens is 1. The van der Waals surface area contributed by atoms with Gasteiger partial charge >= 0.3 is 5.97 Å². The van der Waals surface area contributed by atoms with Gasteiger partial charge in [0.1, 0.15) is 11.6 Å². The van der Waals surface area contributed by atoms with Gasteiger partial charge in [-0.3, -0.25) is 0 Å². The Morgan fingerprint density at radius 2 is 1.92 bits per heavy atom. The zero-order chi connectivity index (χ0) is 18.1. The molecule has 0 aliphatic heterocycles. The first-order valence-electron chi connectivity index (χ1n) is 7.92. The molecule has 0 saturated heterocycles. The highest BCUT2D eigenvalue weighted by Gasteiger charge is 2.16. The average Bonchev–Trinajstić information content (AvgIpc) is 2.59. The monoisotopic (exact) mass is 339 g/mol. The lowest BCUT2D eigenvalue weighted by Crippen LogP contribution is -2.02. The molecule has 25 heavy (non-hydrogen) atoms. The Hall–Kier alpha value is -2.95. The topological polar surface area (TPSA) is 59.4 Å². The van der Waals surface area contributed by atoms with Crippen LogP contribution < -0.4 is 4.74 Å². The third kappa shape index (κ3) is 3.18. The van der Waals surface area contributed by atoms with Crippen LogP contribution in [0.1, 0.15) is 35.7 Å². The molecule has 0 unspecified atom stereocenters. The second kappa shape index (κ2) is 6.51. The Morgan fingerprint density at radius 3 is 2.56 bits per heavy atom. The quantitative estimate of drug-likeness (QED) is 0.736. The summed E-state index contributed by atoms with van der Waals surface area (Å²) >= 11 is 0. The molecule has 0 fully saturated rings. The predicted octanol–water partition coefficient (Wildman–Crippen LogP) is 4.87. The van der Waals surface area contributed by atoms with Crippen molar-refractivity contribution in [3.63, 3.8) is 0 Å². The maximum atomic E-state index is 13.7. The van der Waals surface area contributed by atoms with Crippen LogP contribution in [-0.2, 0) is 0 Å². The number of methoxy groups -OCH3 is 1. The molecule has 5 heteroatoms. The van der Waals surface area contributed by atoms with Crippen LogP contribution in [0.15, 0.2) is 42.5 Å². The van der Waals surface area contributed by atoms with Gasteiger partial charge in [-0.2, -0.15) is 0 Å². The van der Waals surface area contributed by atoms with Crippen LogP contribution in [0.3, 0.4) is 0 Å². The molecule has 3 aromatic rings. The number of hydrogen-bond acceptors (Lipinski definition) is 3. The number of ether oxygens (including phenoxy) is 1. The molecule has 1 N–H and O–H groups in total. The first-order valence-corrected chi connectivity index (χ1v) is 7.92. The second-order valence-electron chi connectivity index (χ2n) is 6.14. The Bertz CT molecular complexity index is 967. The number of fused-ring (bicyclic) bond motifs is 1. The summed E-state index contributed by atoms with van der Waals surface area (Å²) in [5.74, 6) is -0.785. The summed E-state index contributed by atoms with van der Waals surface area (Å²) in [6.45, 7) is 4.09. The predicted molar refractivity (Wildman–Crippen MR) is 94.7 cm³/mol. The van der Waals surface area contributed by atoms with Crippen molar-refractivity contribution in [3.05, 3.63) is 59.4 Å². The number of carboxylic acids is 1. The van der Waals surface area contributed by atoms with Gasteiger partial charge in [-0.1, -0.05) is 19.9 Å². The molecular weight excluding hydrogens is 321 g/mol.